The zero-order chi connectivity index (χ0) is 11.1. The number of nitrogens with zero attached hydrogens (tertiary/aromatic N) is 1. The highest BCUT2D eigenvalue weighted by atomic mass is 16.5. The van der Waals surface area contributed by atoms with Crippen LogP contribution in [0.1, 0.15) is 6.92 Å². The van der Waals surface area contributed by atoms with Crippen LogP contribution in [0.15, 0.2) is 0 Å². The van der Waals surface area contributed by atoms with E-state index in [9.17, 15) is 4.79 Å². The van der Waals surface area contributed by atoms with E-state index in [2.05, 4.69) is 5.32 Å². The van der Waals surface area contributed by atoms with Crippen LogP contribution in [0.25, 0.3) is 0 Å². The smallest absolute Gasteiger partial charge is 0.248 e. The molecule has 5 nitrogen and oxygen atoms in total. The number of likely N-dealkylation sites (N-methyl/N-ethyl adjacent to an activating group) is 1. The van der Waals surface area contributed by atoms with Gasteiger partial charge in [-0.3, -0.25) is 4.79 Å². The van der Waals surface area contributed by atoms with Gasteiger partial charge in [0.15, 0.2) is 0 Å². The van der Waals surface area contributed by atoms with Gasteiger partial charge in [-0.05, 0) is 6.92 Å². The summed E-state index contributed by atoms with van der Waals surface area (Å²) in [6.45, 7) is 5.71. The van der Waals surface area contributed by atoms with Gasteiger partial charge in [0, 0.05) is 26.7 Å². The molecule has 1 heterocycles. The molecule has 0 aromatic carbocycles. The molecule has 1 amide bonds. The maximum Gasteiger partial charge on any atom is 0.248 e. The quantitative estimate of drug-likeness (QED) is 0.581. The Hall–Kier alpha value is -0.650. The molecule has 15 heavy (non-hydrogen) atoms. The molecule has 1 saturated heterocycles. The number of nitrogens with one attached hydrogen (secondary N) is 1. The molecule has 1 aliphatic rings. The van der Waals surface area contributed by atoms with Crippen molar-refractivity contribution in [3.63, 3.8) is 0 Å². The van der Waals surface area contributed by atoms with Crippen molar-refractivity contribution in [3.05, 3.63) is 0 Å². The Labute approximate surface area is 90.7 Å². The predicted octanol–water partition coefficient (Wildman–Crippen LogP) is -0.530. The van der Waals surface area contributed by atoms with Gasteiger partial charge in [-0.15, -0.1) is 0 Å². The van der Waals surface area contributed by atoms with E-state index < -0.39 is 0 Å². The van der Waals surface area contributed by atoms with Crippen LogP contribution in [0.3, 0.4) is 0 Å². The van der Waals surface area contributed by atoms with Crippen molar-refractivity contribution in [2.75, 3.05) is 46.6 Å². The van der Waals surface area contributed by atoms with E-state index in [0.717, 1.165) is 19.6 Å². The first-order valence-electron chi connectivity index (χ1n) is 5.36. The molecule has 0 atom stereocenters. The number of carbonyl (C=O) groups excluding carboxylic acids is 1. The van der Waals surface area contributed by atoms with Gasteiger partial charge in [0.25, 0.3) is 0 Å². The molecule has 0 spiro atoms. The monoisotopic (exact) mass is 216 g/mol. The van der Waals surface area contributed by atoms with Gasteiger partial charge in [-0.1, -0.05) is 0 Å². The fourth-order valence-electron chi connectivity index (χ4n) is 1.52. The Kier molecular flexibility index (Phi) is 5.60. The molecule has 0 aromatic rings. The fourth-order valence-corrected chi connectivity index (χ4v) is 1.52. The number of ether oxygens (including phenoxy) is 2. The first-order chi connectivity index (χ1) is 7.29. The van der Waals surface area contributed by atoms with Crippen molar-refractivity contribution >= 4 is 5.91 Å². The lowest BCUT2D eigenvalue weighted by molar-refractivity contribution is -0.139. The molecule has 0 aliphatic carbocycles. The molecule has 0 radical (unpaired) electrons. The molecule has 1 rings (SSSR count). The number of amides is 1. The van der Waals surface area contributed by atoms with Gasteiger partial charge in [-0.25, -0.2) is 0 Å². The molecule has 1 aliphatic heterocycles. The topological polar surface area (TPSA) is 50.8 Å². The van der Waals surface area contributed by atoms with Gasteiger partial charge in [-0.2, -0.15) is 0 Å². The van der Waals surface area contributed by atoms with Crippen molar-refractivity contribution in [2.45, 2.75) is 13.0 Å². The maximum atomic E-state index is 11.7. The predicted molar refractivity (Wildman–Crippen MR) is 56.7 cm³/mol. The third-order valence-corrected chi connectivity index (χ3v) is 2.52. The number of hydrogen-bond acceptors (Lipinski definition) is 4. The Morgan fingerprint density at radius 3 is 2.67 bits per heavy atom. The van der Waals surface area contributed by atoms with Crippen LogP contribution in [0.4, 0.5) is 0 Å². The lowest BCUT2D eigenvalue weighted by Crippen LogP contribution is -2.59. The van der Waals surface area contributed by atoms with Crippen LogP contribution in [-0.2, 0) is 14.3 Å². The molecule has 5 heteroatoms. The summed E-state index contributed by atoms with van der Waals surface area (Å²) < 4.78 is 10.0. The first kappa shape index (κ1) is 12.4. The summed E-state index contributed by atoms with van der Waals surface area (Å²) in [4.78, 5) is 13.6. The third-order valence-electron chi connectivity index (χ3n) is 2.52. The molecule has 0 bridgehead atoms. The number of hydrogen-bond donors (Lipinski definition) is 1. The van der Waals surface area contributed by atoms with Gasteiger partial charge < -0.3 is 19.7 Å². The Morgan fingerprint density at radius 1 is 1.47 bits per heavy atom. The minimum atomic E-state index is 0.0695. The largest absolute Gasteiger partial charge is 0.382 e. The average molecular weight is 216 g/mol. The summed E-state index contributed by atoms with van der Waals surface area (Å²) in [5.41, 5.74) is 0. The number of carbonyl (C=O) groups is 1. The lowest BCUT2D eigenvalue weighted by Gasteiger charge is -2.37. The zero-order valence-electron chi connectivity index (χ0n) is 9.49. The minimum Gasteiger partial charge on any atom is -0.382 e. The number of rotatable bonds is 7. The van der Waals surface area contributed by atoms with E-state index in [-0.39, 0.29) is 12.5 Å². The van der Waals surface area contributed by atoms with E-state index in [1.54, 1.807) is 7.11 Å². The van der Waals surface area contributed by atoms with Gasteiger partial charge >= 0.3 is 0 Å². The van der Waals surface area contributed by atoms with Crippen molar-refractivity contribution in [1.29, 1.82) is 0 Å². The molecule has 0 aromatic heterocycles. The summed E-state index contributed by atoms with van der Waals surface area (Å²) in [5.74, 6) is 0.0695. The summed E-state index contributed by atoms with van der Waals surface area (Å²) in [6, 6.07) is 0.355. The second-order valence-electron chi connectivity index (χ2n) is 3.54. The van der Waals surface area contributed by atoms with E-state index in [1.807, 2.05) is 11.8 Å². The standard InChI is InChI=1S/C10H20N2O3/c1-3-12(9-6-11-7-9)10(13)8-15-5-4-14-2/h9,11H,3-8H2,1-2H3. The van der Waals surface area contributed by atoms with Crippen molar-refractivity contribution < 1.29 is 14.3 Å². The summed E-state index contributed by atoms with van der Waals surface area (Å²) in [5, 5.41) is 3.15. The highest BCUT2D eigenvalue weighted by Gasteiger charge is 2.26. The summed E-state index contributed by atoms with van der Waals surface area (Å²) >= 11 is 0. The first-order valence-corrected chi connectivity index (χ1v) is 5.36. The van der Waals surface area contributed by atoms with Gasteiger partial charge in [0.2, 0.25) is 5.91 Å². The van der Waals surface area contributed by atoms with E-state index in [4.69, 9.17) is 9.47 Å². The Bertz CT molecular complexity index is 195. The highest BCUT2D eigenvalue weighted by molar-refractivity contribution is 5.77. The van der Waals surface area contributed by atoms with E-state index in [1.165, 1.54) is 0 Å². The lowest BCUT2D eigenvalue weighted by atomic mass is 10.1. The van der Waals surface area contributed by atoms with Crippen LogP contribution in [0.2, 0.25) is 0 Å². The minimum absolute atomic E-state index is 0.0695. The molecule has 0 saturated carbocycles. The van der Waals surface area contributed by atoms with Crippen LogP contribution in [-0.4, -0.2) is 63.4 Å². The summed E-state index contributed by atoms with van der Waals surface area (Å²) in [6.07, 6.45) is 0. The Balaban J connectivity index is 2.18. The van der Waals surface area contributed by atoms with Gasteiger partial charge in [0.05, 0.1) is 19.3 Å². The molecule has 1 N–H and O–H groups in total. The molecule has 0 unspecified atom stereocenters. The van der Waals surface area contributed by atoms with Crippen LogP contribution in [0.5, 0.6) is 0 Å². The molecular weight excluding hydrogens is 196 g/mol. The molecule has 1 fully saturated rings. The van der Waals surface area contributed by atoms with Crippen molar-refractivity contribution in [2.24, 2.45) is 0 Å². The Morgan fingerprint density at radius 2 is 2.20 bits per heavy atom. The van der Waals surface area contributed by atoms with Crippen LogP contribution < -0.4 is 5.32 Å². The summed E-state index contributed by atoms with van der Waals surface area (Å²) in [7, 11) is 1.61. The maximum absolute atomic E-state index is 11.7. The van der Waals surface area contributed by atoms with E-state index in [0.29, 0.717) is 19.3 Å². The van der Waals surface area contributed by atoms with Gasteiger partial charge in [0.1, 0.15) is 6.61 Å². The zero-order valence-corrected chi connectivity index (χ0v) is 9.49. The second kappa shape index (κ2) is 6.76. The fraction of sp³-hybridized carbons (Fsp3) is 0.900. The average Bonchev–Trinajstić information content (AvgIpc) is 2.17. The normalized spacial score (nSPS) is 16.1. The molecule has 88 valence electrons. The van der Waals surface area contributed by atoms with Crippen molar-refractivity contribution in [1.82, 2.24) is 10.2 Å². The van der Waals surface area contributed by atoms with Crippen molar-refractivity contribution in [3.8, 4) is 0 Å². The van der Waals surface area contributed by atoms with Crippen LogP contribution in [0, 0.1) is 0 Å². The SMILES string of the molecule is CCN(C(=O)COCCOC)C1CNC1. The number of methoxy groups -OCH3 is 1. The molecular formula is C10H20N2O3. The second-order valence-corrected chi connectivity index (χ2v) is 3.54. The highest BCUT2D eigenvalue weighted by Crippen LogP contribution is 2.05. The van der Waals surface area contributed by atoms with E-state index >= 15 is 0 Å². The van der Waals surface area contributed by atoms with Crippen LogP contribution >= 0.6 is 0 Å². The third kappa shape index (κ3) is 3.77.